The first-order valence-electron chi connectivity index (χ1n) is 6.19. The molecule has 0 aliphatic heterocycles. The molecule has 1 amide bonds. The Morgan fingerprint density at radius 3 is 2.67 bits per heavy atom. The molecule has 96 valence electrons. The van der Waals surface area contributed by atoms with Crippen molar-refractivity contribution in [3.05, 3.63) is 5.82 Å². The number of H-pyrrole nitrogens is 1. The summed E-state index contributed by atoms with van der Waals surface area (Å²) >= 11 is 0. The fourth-order valence-corrected chi connectivity index (χ4v) is 2.31. The van der Waals surface area contributed by atoms with Gasteiger partial charge in [0.05, 0.1) is 12.6 Å². The molecule has 1 aliphatic rings. The Bertz CT molecular complexity index is 427. The lowest BCUT2D eigenvalue weighted by atomic mass is 9.81. The van der Waals surface area contributed by atoms with E-state index in [1.54, 1.807) is 0 Å². The van der Waals surface area contributed by atoms with Crippen molar-refractivity contribution in [1.29, 1.82) is 5.26 Å². The molecule has 0 bridgehead atoms. The quantitative estimate of drug-likeness (QED) is 0.765. The lowest BCUT2D eigenvalue weighted by molar-refractivity contribution is -0.129. The molecule has 1 heterocycles. The third kappa shape index (κ3) is 2.64. The first-order chi connectivity index (χ1) is 8.77. The monoisotopic (exact) mass is 248 g/mol. The summed E-state index contributed by atoms with van der Waals surface area (Å²) in [6.45, 7) is 0.207. The molecule has 18 heavy (non-hydrogen) atoms. The number of nitrogens with zero attached hydrogens (tertiary/aromatic N) is 4. The Labute approximate surface area is 105 Å². The number of rotatable bonds is 3. The molecule has 0 unspecified atom stereocenters. The molecule has 2 rings (SSSR count). The topological polar surface area (TPSA) is 107 Å². The Morgan fingerprint density at radius 1 is 1.39 bits per heavy atom. The van der Waals surface area contributed by atoms with Gasteiger partial charge in [0.15, 0.2) is 5.82 Å². The number of nitriles is 1. The number of aromatic nitrogens is 4. The molecule has 2 N–H and O–H groups in total. The van der Waals surface area contributed by atoms with E-state index in [1.165, 1.54) is 0 Å². The Balaban J connectivity index is 1.98. The molecule has 0 radical (unpaired) electrons. The Hall–Kier alpha value is -1.97. The predicted octanol–water partition coefficient (Wildman–Crippen LogP) is 0.680. The number of amides is 1. The summed E-state index contributed by atoms with van der Waals surface area (Å²) in [4.78, 5) is 12.2. The van der Waals surface area contributed by atoms with E-state index >= 15 is 0 Å². The maximum Gasteiger partial charge on any atom is 0.240 e. The molecule has 0 aromatic carbocycles. The van der Waals surface area contributed by atoms with Crippen molar-refractivity contribution >= 4 is 5.91 Å². The minimum atomic E-state index is -0.875. The summed E-state index contributed by atoms with van der Waals surface area (Å²) in [7, 11) is 0. The number of carbonyl (C=O) groups excluding carboxylic acids is 1. The van der Waals surface area contributed by atoms with Gasteiger partial charge in [0.25, 0.3) is 0 Å². The number of aromatic amines is 1. The van der Waals surface area contributed by atoms with Gasteiger partial charge in [-0.1, -0.05) is 30.9 Å². The highest BCUT2D eigenvalue weighted by Crippen LogP contribution is 2.34. The van der Waals surface area contributed by atoms with Crippen LogP contribution in [0.5, 0.6) is 0 Å². The highest BCUT2D eigenvalue weighted by Gasteiger charge is 2.38. The summed E-state index contributed by atoms with van der Waals surface area (Å²) in [6.07, 6.45) is 5.35. The molecule has 1 aromatic rings. The molecule has 1 fully saturated rings. The summed E-state index contributed by atoms with van der Waals surface area (Å²) in [5, 5.41) is 25.3. The minimum Gasteiger partial charge on any atom is -0.347 e. The van der Waals surface area contributed by atoms with Crippen LogP contribution >= 0.6 is 0 Å². The summed E-state index contributed by atoms with van der Waals surface area (Å²) < 4.78 is 0. The van der Waals surface area contributed by atoms with E-state index in [-0.39, 0.29) is 12.5 Å². The van der Waals surface area contributed by atoms with Crippen molar-refractivity contribution in [2.45, 2.75) is 45.1 Å². The van der Waals surface area contributed by atoms with Gasteiger partial charge < -0.3 is 5.32 Å². The standard InChI is InChI=1S/C11H16N6O/c12-8-11(5-3-1-2-4-6-11)10(18)13-7-9-14-16-17-15-9/h1-7H2,(H,13,18)(H,14,15,16,17). The first kappa shape index (κ1) is 12.5. The van der Waals surface area contributed by atoms with Crippen LogP contribution < -0.4 is 5.32 Å². The second-order valence-corrected chi connectivity index (χ2v) is 4.62. The van der Waals surface area contributed by atoms with E-state index in [4.69, 9.17) is 0 Å². The zero-order valence-corrected chi connectivity index (χ0v) is 10.1. The Morgan fingerprint density at radius 2 is 2.11 bits per heavy atom. The molecule has 0 saturated heterocycles. The van der Waals surface area contributed by atoms with Gasteiger partial charge in [-0.15, -0.1) is 10.2 Å². The number of tetrazole rings is 1. The predicted molar refractivity (Wildman–Crippen MR) is 61.8 cm³/mol. The molecular weight excluding hydrogens is 232 g/mol. The number of carbonyl (C=O) groups is 1. The van der Waals surface area contributed by atoms with Crippen LogP contribution in [0.1, 0.15) is 44.3 Å². The van der Waals surface area contributed by atoms with Crippen LogP contribution in [0.4, 0.5) is 0 Å². The molecule has 7 nitrogen and oxygen atoms in total. The van der Waals surface area contributed by atoms with E-state index in [0.717, 1.165) is 25.7 Å². The van der Waals surface area contributed by atoms with Gasteiger partial charge in [0.2, 0.25) is 5.91 Å². The summed E-state index contributed by atoms with van der Waals surface area (Å²) in [6, 6.07) is 2.21. The fourth-order valence-electron chi connectivity index (χ4n) is 2.31. The van der Waals surface area contributed by atoms with Gasteiger partial charge in [-0.3, -0.25) is 4.79 Å². The van der Waals surface area contributed by atoms with Crippen LogP contribution in [0.3, 0.4) is 0 Å². The van der Waals surface area contributed by atoms with Crippen LogP contribution in [0, 0.1) is 16.7 Å². The van der Waals surface area contributed by atoms with Crippen molar-refractivity contribution in [3.8, 4) is 6.07 Å². The fraction of sp³-hybridized carbons (Fsp3) is 0.727. The van der Waals surface area contributed by atoms with Crippen molar-refractivity contribution in [1.82, 2.24) is 25.9 Å². The summed E-state index contributed by atoms with van der Waals surface area (Å²) in [5.74, 6) is 0.210. The van der Waals surface area contributed by atoms with Crippen molar-refractivity contribution in [2.75, 3.05) is 0 Å². The van der Waals surface area contributed by atoms with Crippen LogP contribution in [-0.4, -0.2) is 26.5 Å². The van der Waals surface area contributed by atoms with Crippen LogP contribution in [0.25, 0.3) is 0 Å². The maximum atomic E-state index is 12.2. The van der Waals surface area contributed by atoms with E-state index in [0.29, 0.717) is 18.7 Å². The minimum absolute atomic E-state index is 0.207. The number of nitrogens with one attached hydrogen (secondary N) is 2. The molecule has 1 aliphatic carbocycles. The average Bonchev–Trinajstić information content (AvgIpc) is 2.79. The smallest absolute Gasteiger partial charge is 0.240 e. The van der Waals surface area contributed by atoms with Gasteiger partial charge in [-0.05, 0) is 12.8 Å². The number of hydrogen-bond acceptors (Lipinski definition) is 5. The highest BCUT2D eigenvalue weighted by molar-refractivity contribution is 5.85. The van der Waals surface area contributed by atoms with Crippen molar-refractivity contribution in [3.63, 3.8) is 0 Å². The second-order valence-electron chi connectivity index (χ2n) is 4.62. The van der Waals surface area contributed by atoms with E-state index in [9.17, 15) is 10.1 Å². The molecule has 1 aromatic heterocycles. The van der Waals surface area contributed by atoms with Crippen LogP contribution in [-0.2, 0) is 11.3 Å². The maximum absolute atomic E-state index is 12.2. The lowest BCUT2D eigenvalue weighted by Crippen LogP contribution is -2.39. The van der Waals surface area contributed by atoms with Crippen molar-refractivity contribution in [2.24, 2.45) is 5.41 Å². The van der Waals surface area contributed by atoms with Crippen LogP contribution in [0.15, 0.2) is 0 Å². The number of hydrogen-bond donors (Lipinski definition) is 2. The van der Waals surface area contributed by atoms with Crippen molar-refractivity contribution < 1.29 is 4.79 Å². The molecule has 7 heteroatoms. The molecule has 1 saturated carbocycles. The third-order valence-electron chi connectivity index (χ3n) is 3.40. The molecular formula is C11H16N6O. The van der Waals surface area contributed by atoms with Gasteiger partial charge in [-0.25, -0.2) is 0 Å². The second kappa shape index (κ2) is 5.58. The van der Waals surface area contributed by atoms with E-state index in [2.05, 4.69) is 32.0 Å². The third-order valence-corrected chi connectivity index (χ3v) is 3.40. The normalized spacial score (nSPS) is 18.6. The highest BCUT2D eigenvalue weighted by atomic mass is 16.2. The van der Waals surface area contributed by atoms with Gasteiger partial charge >= 0.3 is 0 Å². The van der Waals surface area contributed by atoms with Crippen LogP contribution in [0.2, 0.25) is 0 Å². The lowest BCUT2D eigenvalue weighted by Gasteiger charge is -2.23. The molecule has 0 spiro atoms. The largest absolute Gasteiger partial charge is 0.347 e. The van der Waals surface area contributed by atoms with Gasteiger partial charge in [0.1, 0.15) is 5.41 Å². The SMILES string of the molecule is N#CC1(C(=O)NCc2nn[nH]n2)CCCCCC1. The molecule has 0 atom stereocenters. The zero-order valence-electron chi connectivity index (χ0n) is 10.1. The van der Waals surface area contributed by atoms with E-state index < -0.39 is 5.41 Å². The van der Waals surface area contributed by atoms with E-state index in [1.807, 2.05) is 0 Å². The first-order valence-corrected chi connectivity index (χ1v) is 6.19. The van der Waals surface area contributed by atoms with Gasteiger partial charge in [-0.2, -0.15) is 10.5 Å². The average molecular weight is 248 g/mol. The summed E-state index contributed by atoms with van der Waals surface area (Å²) in [5.41, 5.74) is -0.875. The zero-order chi connectivity index (χ0) is 12.8. The Kier molecular flexibility index (Phi) is 3.87. The van der Waals surface area contributed by atoms with Gasteiger partial charge in [0, 0.05) is 0 Å².